The van der Waals surface area contributed by atoms with E-state index in [0.29, 0.717) is 19.6 Å². The van der Waals surface area contributed by atoms with Crippen molar-refractivity contribution in [3.05, 3.63) is 29.8 Å². The maximum absolute atomic E-state index is 11.5. The van der Waals surface area contributed by atoms with E-state index in [0.717, 1.165) is 18.6 Å². The molecular weight excluding hydrogens is 240 g/mol. The van der Waals surface area contributed by atoms with Crippen LogP contribution in [0.3, 0.4) is 0 Å². The van der Waals surface area contributed by atoms with Crippen LogP contribution < -0.4 is 15.8 Å². The van der Waals surface area contributed by atoms with Gasteiger partial charge in [-0.1, -0.05) is 12.1 Å². The van der Waals surface area contributed by atoms with E-state index in [1.165, 1.54) is 5.56 Å². The summed E-state index contributed by atoms with van der Waals surface area (Å²) in [5.41, 5.74) is 6.80. The second-order valence-corrected chi connectivity index (χ2v) is 4.69. The van der Waals surface area contributed by atoms with Crippen molar-refractivity contribution in [2.75, 3.05) is 13.2 Å². The van der Waals surface area contributed by atoms with Gasteiger partial charge in [0.25, 0.3) is 0 Å². The molecule has 0 spiro atoms. The molecule has 1 atom stereocenters. The Balaban J connectivity index is 2.23. The number of ether oxygens (including phenoxy) is 1. The van der Waals surface area contributed by atoms with Gasteiger partial charge >= 0.3 is 0 Å². The molecule has 106 valence electrons. The summed E-state index contributed by atoms with van der Waals surface area (Å²) in [6, 6.07) is 8.04. The van der Waals surface area contributed by atoms with Crippen molar-refractivity contribution in [1.29, 1.82) is 0 Å². The van der Waals surface area contributed by atoms with Gasteiger partial charge in [0.05, 0.1) is 6.61 Å². The van der Waals surface area contributed by atoms with Crippen LogP contribution in [0.1, 0.15) is 32.3 Å². The Morgan fingerprint density at radius 2 is 2.05 bits per heavy atom. The fourth-order valence-corrected chi connectivity index (χ4v) is 1.71. The summed E-state index contributed by atoms with van der Waals surface area (Å²) in [4.78, 5) is 11.5. The third-order valence-corrected chi connectivity index (χ3v) is 2.80. The Labute approximate surface area is 115 Å². The summed E-state index contributed by atoms with van der Waals surface area (Å²) in [5.74, 6) is 0.954. The van der Waals surface area contributed by atoms with Gasteiger partial charge < -0.3 is 15.8 Å². The van der Waals surface area contributed by atoms with Gasteiger partial charge in [0.2, 0.25) is 5.91 Å². The number of benzene rings is 1. The Morgan fingerprint density at radius 3 is 2.63 bits per heavy atom. The molecule has 4 nitrogen and oxygen atoms in total. The minimum Gasteiger partial charge on any atom is -0.494 e. The molecule has 0 heterocycles. The lowest BCUT2D eigenvalue weighted by molar-refractivity contribution is -0.121. The molecule has 1 aromatic rings. The molecule has 0 radical (unpaired) electrons. The van der Waals surface area contributed by atoms with Gasteiger partial charge in [-0.3, -0.25) is 4.79 Å². The minimum atomic E-state index is 0.0724. The fraction of sp³-hybridized carbons (Fsp3) is 0.533. The molecular formula is C15H24N2O2. The van der Waals surface area contributed by atoms with Crippen molar-refractivity contribution >= 4 is 5.91 Å². The molecule has 1 amide bonds. The van der Waals surface area contributed by atoms with E-state index in [2.05, 4.69) is 5.32 Å². The van der Waals surface area contributed by atoms with Crippen molar-refractivity contribution in [2.45, 2.75) is 39.2 Å². The van der Waals surface area contributed by atoms with Gasteiger partial charge in [-0.15, -0.1) is 0 Å². The second-order valence-electron chi connectivity index (χ2n) is 4.69. The number of carbonyl (C=O) groups excluding carboxylic acids is 1. The van der Waals surface area contributed by atoms with Gasteiger partial charge in [-0.05, 0) is 44.4 Å². The van der Waals surface area contributed by atoms with Crippen molar-refractivity contribution in [3.63, 3.8) is 0 Å². The van der Waals surface area contributed by atoms with Crippen LogP contribution in [0.2, 0.25) is 0 Å². The quantitative estimate of drug-likeness (QED) is 0.753. The van der Waals surface area contributed by atoms with Crippen LogP contribution in [0, 0.1) is 0 Å². The highest BCUT2D eigenvalue weighted by Crippen LogP contribution is 2.12. The van der Waals surface area contributed by atoms with E-state index >= 15 is 0 Å². The van der Waals surface area contributed by atoms with Crippen LogP contribution in [0.5, 0.6) is 5.75 Å². The molecule has 4 heteroatoms. The number of amides is 1. The molecule has 0 aliphatic heterocycles. The summed E-state index contributed by atoms with van der Waals surface area (Å²) < 4.78 is 5.38. The van der Waals surface area contributed by atoms with Crippen LogP contribution >= 0.6 is 0 Å². The van der Waals surface area contributed by atoms with Gasteiger partial charge in [0, 0.05) is 19.0 Å². The van der Waals surface area contributed by atoms with Gasteiger partial charge in [-0.2, -0.15) is 0 Å². The van der Waals surface area contributed by atoms with Gasteiger partial charge in [0.15, 0.2) is 0 Å². The van der Waals surface area contributed by atoms with Crippen molar-refractivity contribution < 1.29 is 9.53 Å². The van der Waals surface area contributed by atoms with E-state index in [1.54, 1.807) is 0 Å². The number of hydrogen-bond acceptors (Lipinski definition) is 3. The average molecular weight is 264 g/mol. The Bertz CT molecular complexity index is 374. The Hall–Kier alpha value is -1.55. The standard InChI is InChI=1S/C15H24N2O2/c1-3-19-14-7-5-13(6-8-14)10-11-17-15(18)9-4-12(2)16/h5-8,12H,3-4,9-11,16H2,1-2H3,(H,17,18). The van der Waals surface area contributed by atoms with Crippen molar-refractivity contribution in [1.82, 2.24) is 5.32 Å². The monoisotopic (exact) mass is 264 g/mol. The predicted molar refractivity (Wildman–Crippen MR) is 77.2 cm³/mol. The molecule has 0 aliphatic rings. The van der Waals surface area contributed by atoms with Crippen LogP contribution in [0.25, 0.3) is 0 Å². The number of rotatable bonds is 8. The van der Waals surface area contributed by atoms with Crippen LogP contribution in [-0.2, 0) is 11.2 Å². The molecule has 0 aliphatic carbocycles. The summed E-state index contributed by atoms with van der Waals surface area (Å²) >= 11 is 0. The molecule has 3 N–H and O–H groups in total. The van der Waals surface area contributed by atoms with Crippen molar-refractivity contribution in [3.8, 4) is 5.75 Å². The largest absolute Gasteiger partial charge is 0.494 e. The third kappa shape index (κ3) is 6.82. The Kier molecular flexibility index (Phi) is 6.97. The van der Waals surface area contributed by atoms with Gasteiger partial charge in [-0.25, -0.2) is 0 Å². The molecule has 0 bridgehead atoms. The number of nitrogens with one attached hydrogen (secondary N) is 1. The first-order valence-electron chi connectivity index (χ1n) is 6.85. The molecule has 0 aromatic heterocycles. The first-order valence-corrected chi connectivity index (χ1v) is 6.85. The van der Waals surface area contributed by atoms with E-state index in [4.69, 9.17) is 10.5 Å². The molecule has 1 rings (SSSR count). The third-order valence-electron chi connectivity index (χ3n) is 2.80. The molecule has 0 fully saturated rings. The minimum absolute atomic E-state index is 0.0724. The zero-order valence-electron chi connectivity index (χ0n) is 11.8. The lowest BCUT2D eigenvalue weighted by Crippen LogP contribution is -2.27. The highest BCUT2D eigenvalue weighted by molar-refractivity contribution is 5.75. The molecule has 0 saturated heterocycles. The maximum atomic E-state index is 11.5. The summed E-state index contributed by atoms with van der Waals surface area (Å²) in [6.45, 7) is 5.21. The maximum Gasteiger partial charge on any atom is 0.220 e. The van der Waals surface area contributed by atoms with Gasteiger partial charge in [0.1, 0.15) is 5.75 Å². The van der Waals surface area contributed by atoms with E-state index in [1.807, 2.05) is 38.1 Å². The number of hydrogen-bond donors (Lipinski definition) is 2. The SMILES string of the molecule is CCOc1ccc(CCNC(=O)CCC(C)N)cc1. The van der Waals surface area contributed by atoms with E-state index in [-0.39, 0.29) is 11.9 Å². The van der Waals surface area contributed by atoms with E-state index < -0.39 is 0 Å². The van der Waals surface area contributed by atoms with Crippen LogP contribution in [-0.4, -0.2) is 25.1 Å². The smallest absolute Gasteiger partial charge is 0.220 e. The van der Waals surface area contributed by atoms with Crippen molar-refractivity contribution in [2.24, 2.45) is 5.73 Å². The number of carbonyl (C=O) groups is 1. The second kappa shape index (κ2) is 8.53. The topological polar surface area (TPSA) is 64.3 Å². The lowest BCUT2D eigenvalue weighted by atomic mass is 10.1. The fourth-order valence-electron chi connectivity index (χ4n) is 1.71. The number of nitrogens with two attached hydrogens (primary N) is 1. The highest BCUT2D eigenvalue weighted by Gasteiger charge is 2.03. The average Bonchev–Trinajstić information content (AvgIpc) is 2.39. The zero-order valence-corrected chi connectivity index (χ0v) is 11.8. The summed E-state index contributed by atoms with van der Waals surface area (Å²) in [5, 5.41) is 2.90. The Morgan fingerprint density at radius 1 is 1.37 bits per heavy atom. The predicted octanol–water partition coefficient (Wildman–Crippen LogP) is 1.87. The molecule has 0 saturated carbocycles. The summed E-state index contributed by atoms with van der Waals surface area (Å²) in [7, 11) is 0. The molecule has 1 unspecified atom stereocenters. The van der Waals surface area contributed by atoms with Crippen LogP contribution in [0.15, 0.2) is 24.3 Å². The van der Waals surface area contributed by atoms with Crippen LogP contribution in [0.4, 0.5) is 0 Å². The molecule has 1 aromatic carbocycles. The zero-order chi connectivity index (χ0) is 14.1. The normalized spacial score (nSPS) is 11.9. The lowest BCUT2D eigenvalue weighted by Gasteiger charge is -2.08. The summed E-state index contributed by atoms with van der Waals surface area (Å²) in [6.07, 6.45) is 2.06. The first-order chi connectivity index (χ1) is 9.11. The molecule has 19 heavy (non-hydrogen) atoms. The highest BCUT2D eigenvalue weighted by atomic mass is 16.5. The first kappa shape index (κ1) is 15.5. The van der Waals surface area contributed by atoms with E-state index in [9.17, 15) is 4.79 Å².